The van der Waals surface area contributed by atoms with Crippen LogP contribution in [0.3, 0.4) is 0 Å². The Kier molecular flexibility index (Phi) is 6.87. The molecular weight excluding hydrogens is 302 g/mol. The molecule has 2 heterocycles. The number of allylic oxidation sites excluding steroid dienone is 1. The van der Waals surface area contributed by atoms with Gasteiger partial charge in [-0.25, -0.2) is 0 Å². The van der Waals surface area contributed by atoms with Crippen molar-refractivity contribution in [1.29, 1.82) is 0 Å². The number of aromatic amines is 1. The second kappa shape index (κ2) is 9.12. The topological polar surface area (TPSA) is 71.6 Å². The van der Waals surface area contributed by atoms with Crippen LogP contribution in [-0.2, 0) is 0 Å². The summed E-state index contributed by atoms with van der Waals surface area (Å²) >= 11 is 0. The average molecular weight is 331 g/mol. The van der Waals surface area contributed by atoms with Crippen LogP contribution >= 0.6 is 0 Å². The van der Waals surface area contributed by atoms with E-state index in [1.807, 2.05) is 45.3 Å². The van der Waals surface area contributed by atoms with Crippen molar-refractivity contribution in [2.45, 2.75) is 13.8 Å². The van der Waals surface area contributed by atoms with Crippen LogP contribution in [0.15, 0.2) is 29.0 Å². The second-order valence-electron chi connectivity index (χ2n) is 5.64. The van der Waals surface area contributed by atoms with E-state index in [-0.39, 0.29) is 0 Å². The molecule has 132 valence electrons. The van der Waals surface area contributed by atoms with Gasteiger partial charge < -0.3 is 20.4 Å². The molecule has 0 atom stereocenters. The molecule has 1 aromatic heterocycles. The third kappa shape index (κ3) is 4.86. The zero-order chi connectivity index (χ0) is 17.4. The van der Waals surface area contributed by atoms with Crippen molar-refractivity contribution in [3.63, 3.8) is 0 Å². The molecule has 7 heteroatoms. The quantitative estimate of drug-likeness (QED) is 0.545. The van der Waals surface area contributed by atoms with E-state index in [9.17, 15) is 0 Å². The lowest BCUT2D eigenvalue weighted by molar-refractivity contribution is 0.190. The van der Waals surface area contributed by atoms with Crippen molar-refractivity contribution in [2.75, 3.05) is 52.1 Å². The summed E-state index contributed by atoms with van der Waals surface area (Å²) in [7, 11) is 3.73. The number of nitrogens with one attached hydrogen (secondary N) is 3. The highest BCUT2D eigenvalue weighted by Gasteiger charge is 2.17. The molecule has 0 aromatic carbocycles. The molecular formula is C17H29N7. The standard InChI is InChI=1S/C17H29N7/c1-5-7-14-12-16(22-21-14)20-15(18-3)13-17(19-4)24-10-8-23(6-2)9-11-24/h5,7,12-13,18H,6,8-11H2,1-4H3,(H2,20,21,22)/b7-5+,15-13+,19-17?. The molecule has 3 N–H and O–H groups in total. The van der Waals surface area contributed by atoms with E-state index in [0.717, 1.165) is 55.9 Å². The number of hydrogen-bond acceptors (Lipinski definition) is 5. The number of H-pyrrole nitrogens is 1. The number of piperazine rings is 1. The fourth-order valence-corrected chi connectivity index (χ4v) is 2.69. The molecule has 0 spiro atoms. The van der Waals surface area contributed by atoms with E-state index in [1.165, 1.54) is 0 Å². The first-order valence-corrected chi connectivity index (χ1v) is 8.48. The smallest absolute Gasteiger partial charge is 0.153 e. The van der Waals surface area contributed by atoms with Crippen LogP contribution < -0.4 is 10.6 Å². The molecule has 7 nitrogen and oxygen atoms in total. The number of hydrogen-bond donors (Lipinski definition) is 3. The minimum Gasteiger partial charge on any atom is -0.375 e. The summed E-state index contributed by atoms with van der Waals surface area (Å²) < 4.78 is 0. The van der Waals surface area contributed by atoms with Crippen LogP contribution in [0.2, 0.25) is 0 Å². The van der Waals surface area contributed by atoms with Gasteiger partial charge in [-0.2, -0.15) is 5.10 Å². The van der Waals surface area contributed by atoms with Gasteiger partial charge in [0.2, 0.25) is 0 Å². The van der Waals surface area contributed by atoms with Gasteiger partial charge in [0, 0.05) is 52.4 Å². The summed E-state index contributed by atoms with van der Waals surface area (Å²) in [5, 5.41) is 13.7. The lowest BCUT2D eigenvalue weighted by Gasteiger charge is -2.35. The zero-order valence-corrected chi connectivity index (χ0v) is 15.1. The van der Waals surface area contributed by atoms with Gasteiger partial charge >= 0.3 is 0 Å². The third-order valence-corrected chi connectivity index (χ3v) is 4.12. The first kappa shape index (κ1) is 18.1. The minimum atomic E-state index is 0.773. The predicted octanol–water partition coefficient (Wildman–Crippen LogP) is 1.58. The maximum Gasteiger partial charge on any atom is 0.153 e. The van der Waals surface area contributed by atoms with Gasteiger partial charge in [-0.1, -0.05) is 13.0 Å². The second-order valence-corrected chi connectivity index (χ2v) is 5.64. The van der Waals surface area contributed by atoms with Gasteiger partial charge in [0.25, 0.3) is 0 Å². The van der Waals surface area contributed by atoms with E-state index in [1.54, 1.807) is 0 Å². The van der Waals surface area contributed by atoms with E-state index in [4.69, 9.17) is 0 Å². The lowest BCUT2D eigenvalue weighted by atomic mass is 10.3. The Bertz CT molecular complexity index is 592. The van der Waals surface area contributed by atoms with Gasteiger partial charge in [0.15, 0.2) is 5.82 Å². The number of rotatable bonds is 6. The number of aliphatic imine (C=N–C) groups is 1. The highest BCUT2D eigenvalue weighted by molar-refractivity contribution is 5.93. The molecule has 1 fully saturated rings. The molecule has 0 saturated carbocycles. The Morgan fingerprint density at radius 1 is 1.38 bits per heavy atom. The predicted molar refractivity (Wildman–Crippen MR) is 101 cm³/mol. The van der Waals surface area contributed by atoms with Gasteiger partial charge in [0.1, 0.15) is 11.7 Å². The van der Waals surface area contributed by atoms with Crippen LogP contribution in [0.25, 0.3) is 6.08 Å². The van der Waals surface area contributed by atoms with Crippen LogP contribution in [0.5, 0.6) is 0 Å². The molecule has 2 rings (SSSR count). The maximum absolute atomic E-state index is 4.45. The van der Waals surface area contributed by atoms with Crippen molar-refractivity contribution in [2.24, 2.45) is 4.99 Å². The van der Waals surface area contributed by atoms with E-state index < -0.39 is 0 Å². The van der Waals surface area contributed by atoms with Crippen molar-refractivity contribution < 1.29 is 0 Å². The Labute approximate surface area is 144 Å². The van der Waals surface area contributed by atoms with Crippen LogP contribution in [0, 0.1) is 0 Å². The largest absolute Gasteiger partial charge is 0.375 e. The molecule has 24 heavy (non-hydrogen) atoms. The number of likely N-dealkylation sites (N-methyl/N-ethyl adjacent to an activating group) is 1. The van der Waals surface area contributed by atoms with Gasteiger partial charge in [-0.3, -0.25) is 10.1 Å². The highest BCUT2D eigenvalue weighted by Crippen LogP contribution is 2.10. The van der Waals surface area contributed by atoms with E-state index >= 15 is 0 Å². The molecule has 0 unspecified atom stereocenters. The summed E-state index contributed by atoms with van der Waals surface area (Å²) in [6.45, 7) is 9.47. The number of anilines is 1. The van der Waals surface area contributed by atoms with Crippen molar-refractivity contribution >= 4 is 17.7 Å². The van der Waals surface area contributed by atoms with Gasteiger partial charge in [-0.15, -0.1) is 0 Å². The SMILES string of the molecule is C/C=C/c1cc(N/C(=C/C(=NC)N2CCN(CC)CC2)NC)n[nH]1. The summed E-state index contributed by atoms with van der Waals surface area (Å²) in [6.07, 6.45) is 5.99. The Morgan fingerprint density at radius 2 is 2.12 bits per heavy atom. The summed E-state index contributed by atoms with van der Waals surface area (Å²) in [4.78, 5) is 9.23. The maximum atomic E-state index is 4.45. The Balaban J connectivity index is 2.03. The van der Waals surface area contributed by atoms with Crippen molar-refractivity contribution in [1.82, 2.24) is 25.3 Å². The summed E-state index contributed by atoms with van der Waals surface area (Å²) in [5.41, 5.74) is 0.968. The zero-order valence-electron chi connectivity index (χ0n) is 15.1. The molecule has 0 radical (unpaired) electrons. The molecule has 1 aliphatic rings. The first-order chi connectivity index (χ1) is 11.7. The highest BCUT2D eigenvalue weighted by atomic mass is 15.3. The number of aromatic nitrogens is 2. The normalized spacial score (nSPS) is 17.6. The molecule has 0 bridgehead atoms. The lowest BCUT2D eigenvalue weighted by Crippen LogP contribution is -2.48. The molecule has 1 saturated heterocycles. The molecule has 0 aliphatic carbocycles. The fourth-order valence-electron chi connectivity index (χ4n) is 2.69. The number of nitrogens with zero attached hydrogens (tertiary/aromatic N) is 4. The third-order valence-electron chi connectivity index (χ3n) is 4.12. The van der Waals surface area contributed by atoms with E-state index in [0.29, 0.717) is 0 Å². The summed E-state index contributed by atoms with van der Waals surface area (Å²) in [5.74, 6) is 2.62. The van der Waals surface area contributed by atoms with Gasteiger partial charge in [-0.05, 0) is 19.5 Å². The summed E-state index contributed by atoms with van der Waals surface area (Å²) in [6, 6.07) is 1.97. The molecule has 0 amide bonds. The Hall–Kier alpha value is -2.28. The number of amidine groups is 1. The monoisotopic (exact) mass is 331 g/mol. The van der Waals surface area contributed by atoms with Gasteiger partial charge in [0.05, 0.1) is 5.69 Å². The molecule has 1 aliphatic heterocycles. The Morgan fingerprint density at radius 3 is 2.71 bits per heavy atom. The fraction of sp³-hybridized carbons (Fsp3) is 0.529. The first-order valence-electron chi connectivity index (χ1n) is 8.48. The van der Waals surface area contributed by atoms with E-state index in [2.05, 4.69) is 42.5 Å². The molecule has 1 aromatic rings. The minimum absolute atomic E-state index is 0.773. The average Bonchev–Trinajstić information content (AvgIpc) is 3.06. The van der Waals surface area contributed by atoms with Crippen molar-refractivity contribution in [3.8, 4) is 0 Å². The van der Waals surface area contributed by atoms with Crippen LogP contribution in [-0.4, -0.2) is 72.7 Å². The van der Waals surface area contributed by atoms with Crippen molar-refractivity contribution in [3.05, 3.63) is 29.7 Å². The van der Waals surface area contributed by atoms with Crippen LogP contribution in [0.4, 0.5) is 5.82 Å². The van der Waals surface area contributed by atoms with Crippen LogP contribution in [0.1, 0.15) is 19.5 Å².